The fourth-order valence-corrected chi connectivity index (χ4v) is 4.95. The third-order valence-electron chi connectivity index (χ3n) is 6.40. The topological polar surface area (TPSA) is 21.1 Å². The number of imidazole rings is 1. The molecule has 2 aliphatic heterocycles. The minimum Gasteiger partial charge on any atom is -0.324 e. The fourth-order valence-electron chi connectivity index (χ4n) is 4.95. The second-order valence-corrected chi connectivity index (χ2v) is 8.18. The summed E-state index contributed by atoms with van der Waals surface area (Å²) < 4.78 is 16.3. The average Bonchev–Trinajstić information content (AvgIpc) is 3.05. The number of halogens is 1. The van der Waals surface area contributed by atoms with Gasteiger partial charge in [0.05, 0.1) is 17.6 Å². The molecule has 3 heterocycles. The van der Waals surface area contributed by atoms with Crippen LogP contribution in [-0.4, -0.2) is 27.5 Å². The molecule has 3 aromatic rings. The van der Waals surface area contributed by atoms with E-state index < -0.39 is 0 Å². The van der Waals surface area contributed by atoms with E-state index in [1.807, 2.05) is 0 Å². The zero-order valence-corrected chi connectivity index (χ0v) is 15.9. The molecule has 0 N–H and O–H groups in total. The highest BCUT2D eigenvalue weighted by Crippen LogP contribution is 2.34. The molecule has 5 rings (SSSR count). The minimum absolute atomic E-state index is 0.160. The molecule has 2 aromatic carbocycles. The lowest BCUT2D eigenvalue weighted by Gasteiger charge is -2.32. The molecule has 0 saturated carbocycles. The maximum atomic E-state index is 13.9. The minimum atomic E-state index is -0.160. The monoisotopic (exact) mass is 363 g/mol. The second kappa shape index (κ2) is 6.75. The molecule has 1 fully saturated rings. The first-order chi connectivity index (χ1) is 13.2. The smallest absolute Gasteiger partial charge is 0.125 e. The van der Waals surface area contributed by atoms with E-state index in [2.05, 4.69) is 46.7 Å². The Labute approximate surface area is 159 Å². The van der Waals surface area contributed by atoms with E-state index in [4.69, 9.17) is 4.98 Å². The summed E-state index contributed by atoms with van der Waals surface area (Å²) in [6.45, 7) is 5.32. The number of aromatic nitrogens is 2. The van der Waals surface area contributed by atoms with Gasteiger partial charge in [0.2, 0.25) is 0 Å². The SMILES string of the molecule is CC1CCc2cc(F)cc3nc(CN4CCC(c5ccccc5)CC4)n1c23. The molecule has 140 valence electrons. The van der Waals surface area contributed by atoms with Crippen LogP contribution in [0.3, 0.4) is 0 Å². The molecular weight excluding hydrogens is 337 g/mol. The van der Waals surface area contributed by atoms with Gasteiger partial charge >= 0.3 is 0 Å². The van der Waals surface area contributed by atoms with E-state index in [0.29, 0.717) is 12.0 Å². The van der Waals surface area contributed by atoms with Crippen LogP contribution in [0.5, 0.6) is 0 Å². The summed E-state index contributed by atoms with van der Waals surface area (Å²) >= 11 is 0. The molecule has 1 atom stereocenters. The molecule has 0 bridgehead atoms. The molecule has 1 aromatic heterocycles. The number of hydrogen-bond donors (Lipinski definition) is 0. The Morgan fingerprint density at radius 1 is 1.07 bits per heavy atom. The van der Waals surface area contributed by atoms with Crippen LogP contribution in [0.1, 0.15) is 55.1 Å². The van der Waals surface area contributed by atoms with E-state index in [0.717, 1.165) is 54.9 Å². The number of hydrogen-bond acceptors (Lipinski definition) is 2. The van der Waals surface area contributed by atoms with Crippen molar-refractivity contribution >= 4 is 11.0 Å². The molecule has 4 heteroatoms. The standard InChI is InChI=1S/C23H26FN3/c1-16-7-8-19-13-20(24)14-21-23(19)27(16)22(25-21)15-26-11-9-18(10-12-26)17-5-3-2-4-6-17/h2-6,13-14,16,18H,7-12,15H2,1H3. The maximum Gasteiger partial charge on any atom is 0.125 e. The first-order valence-electron chi connectivity index (χ1n) is 10.2. The molecular formula is C23H26FN3. The number of aryl methyl sites for hydroxylation is 1. The molecule has 3 nitrogen and oxygen atoms in total. The summed E-state index contributed by atoms with van der Waals surface area (Å²) in [5, 5.41) is 0. The van der Waals surface area contributed by atoms with E-state index in [1.165, 1.54) is 18.4 Å². The first kappa shape index (κ1) is 16.9. The predicted molar refractivity (Wildman–Crippen MR) is 106 cm³/mol. The third-order valence-corrected chi connectivity index (χ3v) is 6.40. The van der Waals surface area contributed by atoms with E-state index >= 15 is 0 Å². The Morgan fingerprint density at radius 2 is 1.85 bits per heavy atom. The van der Waals surface area contributed by atoms with E-state index in [-0.39, 0.29) is 5.82 Å². The zero-order valence-electron chi connectivity index (χ0n) is 15.9. The summed E-state index contributed by atoms with van der Waals surface area (Å²) in [5.41, 5.74) is 4.56. The Balaban J connectivity index is 1.37. The summed E-state index contributed by atoms with van der Waals surface area (Å²) in [5.74, 6) is 1.61. The predicted octanol–water partition coefficient (Wildman–Crippen LogP) is 5.06. The van der Waals surface area contributed by atoms with Gasteiger partial charge in [-0.1, -0.05) is 30.3 Å². The van der Waals surface area contributed by atoms with Crippen molar-refractivity contribution in [1.82, 2.24) is 14.5 Å². The third kappa shape index (κ3) is 3.06. The highest BCUT2D eigenvalue weighted by atomic mass is 19.1. The maximum absolute atomic E-state index is 13.9. The molecule has 1 saturated heterocycles. The number of benzene rings is 2. The van der Waals surface area contributed by atoms with Gasteiger partial charge in [0.25, 0.3) is 0 Å². The zero-order chi connectivity index (χ0) is 18.4. The molecule has 0 aliphatic carbocycles. The van der Waals surface area contributed by atoms with Crippen molar-refractivity contribution in [2.24, 2.45) is 0 Å². The molecule has 1 unspecified atom stereocenters. The van der Waals surface area contributed by atoms with Crippen molar-refractivity contribution in [1.29, 1.82) is 0 Å². The van der Waals surface area contributed by atoms with Crippen molar-refractivity contribution < 1.29 is 4.39 Å². The van der Waals surface area contributed by atoms with Crippen LogP contribution < -0.4 is 0 Å². The van der Waals surface area contributed by atoms with Crippen LogP contribution in [0.2, 0.25) is 0 Å². The number of rotatable bonds is 3. The molecule has 0 radical (unpaired) electrons. The number of piperidine rings is 1. The van der Waals surface area contributed by atoms with Gasteiger partial charge in [-0.15, -0.1) is 0 Å². The highest BCUT2D eigenvalue weighted by Gasteiger charge is 2.26. The van der Waals surface area contributed by atoms with Gasteiger partial charge in [-0.25, -0.2) is 9.37 Å². The van der Waals surface area contributed by atoms with Crippen molar-refractivity contribution in [2.75, 3.05) is 13.1 Å². The van der Waals surface area contributed by atoms with Crippen LogP contribution in [0.25, 0.3) is 11.0 Å². The van der Waals surface area contributed by atoms with Crippen LogP contribution in [0.15, 0.2) is 42.5 Å². The van der Waals surface area contributed by atoms with Gasteiger partial charge in [-0.05, 0) is 68.8 Å². The largest absolute Gasteiger partial charge is 0.324 e. The lowest BCUT2D eigenvalue weighted by Crippen LogP contribution is -2.33. The normalized spacial score (nSPS) is 21.0. The van der Waals surface area contributed by atoms with Gasteiger partial charge in [-0.2, -0.15) is 0 Å². The second-order valence-electron chi connectivity index (χ2n) is 8.18. The van der Waals surface area contributed by atoms with Crippen molar-refractivity contribution in [2.45, 2.75) is 51.1 Å². The summed E-state index contributed by atoms with van der Waals surface area (Å²) in [7, 11) is 0. The van der Waals surface area contributed by atoms with Gasteiger partial charge in [0.15, 0.2) is 0 Å². The summed E-state index contributed by atoms with van der Waals surface area (Å²) in [6, 6.07) is 14.6. The van der Waals surface area contributed by atoms with Crippen LogP contribution in [-0.2, 0) is 13.0 Å². The Kier molecular flexibility index (Phi) is 4.24. The van der Waals surface area contributed by atoms with Crippen molar-refractivity contribution in [3.8, 4) is 0 Å². The van der Waals surface area contributed by atoms with Crippen LogP contribution >= 0.6 is 0 Å². The van der Waals surface area contributed by atoms with Gasteiger partial charge in [0.1, 0.15) is 11.6 Å². The van der Waals surface area contributed by atoms with Crippen LogP contribution in [0, 0.1) is 5.82 Å². The van der Waals surface area contributed by atoms with Crippen LogP contribution in [0.4, 0.5) is 4.39 Å². The van der Waals surface area contributed by atoms with Gasteiger partial charge < -0.3 is 4.57 Å². The first-order valence-corrected chi connectivity index (χ1v) is 10.2. The highest BCUT2D eigenvalue weighted by molar-refractivity contribution is 5.80. The average molecular weight is 363 g/mol. The van der Waals surface area contributed by atoms with Gasteiger partial charge in [-0.3, -0.25) is 4.90 Å². The quantitative estimate of drug-likeness (QED) is 0.648. The van der Waals surface area contributed by atoms with E-state index in [9.17, 15) is 4.39 Å². The molecule has 0 amide bonds. The lowest BCUT2D eigenvalue weighted by molar-refractivity contribution is 0.196. The molecule has 27 heavy (non-hydrogen) atoms. The van der Waals surface area contributed by atoms with E-state index in [1.54, 1.807) is 12.1 Å². The fraction of sp³-hybridized carbons (Fsp3) is 0.435. The Morgan fingerprint density at radius 3 is 2.63 bits per heavy atom. The Hall–Kier alpha value is -2.20. The van der Waals surface area contributed by atoms with Crippen molar-refractivity contribution in [3.63, 3.8) is 0 Å². The molecule has 2 aliphatic rings. The van der Waals surface area contributed by atoms with Gasteiger partial charge in [0, 0.05) is 12.1 Å². The van der Waals surface area contributed by atoms with Crippen molar-refractivity contribution in [3.05, 3.63) is 65.2 Å². The number of likely N-dealkylation sites (tertiary alicyclic amines) is 1. The number of nitrogens with zero attached hydrogens (tertiary/aromatic N) is 3. The Bertz CT molecular complexity index is 955. The lowest BCUT2D eigenvalue weighted by atomic mass is 9.89. The summed E-state index contributed by atoms with van der Waals surface area (Å²) in [4.78, 5) is 7.36. The molecule has 0 spiro atoms. The summed E-state index contributed by atoms with van der Waals surface area (Å²) in [6.07, 6.45) is 4.40.